The van der Waals surface area contributed by atoms with Crippen LogP contribution in [0.1, 0.15) is 27.6 Å². The van der Waals surface area contributed by atoms with Crippen LogP contribution in [0.3, 0.4) is 0 Å². The van der Waals surface area contributed by atoms with Gasteiger partial charge in [-0.25, -0.2) is 4.79 Å². The number of carbonyl (C=O) groups is 3. The summed E-state index contributed by atoms with van der Waals surface area (Å²) in [5, 5.41) is 14.6. The molecule has 0 saturated heterocycles. The van der Waals surface area contributed by atoms with E-state index in [9.17, 15) is 19.2 Å². The molecule has 1 atom stereocenters. The molecule has 0 aliphatic carbocycles. The van der Waals surface area contributed by atoms with E-state index in [1.54, 1.807) is 31.2 Å². The number of rotatable bonds is 6. The van der Waals surface area contributed by atoms with Gasteiger partial charge < -0.3 is 20.7 Å². The third-order valence-electron chi connectivity index (χ3n) is 5.38. The van der Waals surface area contributed by atoms with Crippen molar-refractivity contribution in [2.24, 2.45) is 0 Å². The van der Waals surface area contributed by atoms with Crippen molar-refractivity contribution in [1.82, 2.24) is 10.3 Å². The molecule has 0 spiro atoms. The Morgan fingerprint density at radius 2 is 1.62 bits per heavy atom. The zero-order valence-electron chi connectivity index (χ0n) is 18.2. The second kappa shape index (κ2) is 9.41. The highest BCUT2D eigenvalue weighted by Gasteiger charge is 2.20. The first-order valence-electron chi connectivity index (χ1n) is 10.5. The number of hydrogen-bond acceptors (Lipinski definition) is 4. The van der Waals surface area contributed by atoms with Gasteiger partial charge in [-0.2, -0.15) is 0 Å². The first-order chi connectivity index (χ1) is 16.3. The Hall–Kier alpha value is -4.72. The molecule has 0 saturated carbocycles. The highest BCUT2D eigenvalue weighted by Crippen LogP contribution is 2.23. The first kappa shape index (κ1) is 22.5. The molecule has 4 aromatic rings. The van der Waals surface area contributed by atoms with Crippen molar-refractivity contribution >= 4 is 34.4 Å². The van der Waals surface area contributed by atoms with Crippen LogP contribution in [0.25, 0.3) is 22.0 Å². The lowest BCUT2D eigenvalue weighted by atomic mass is 9.99. The number of benzene rings is 3. The molecule has 0 unspecified atom stereocenters. The van der Waals surface area contributed by atoms with Crippen molar-refractivity contribution in [2.45, 2.75) is 13.0 Å². The molecule has 1 heterocycles. The van der Waals surface area contributed by atoms with Crippen molar-refractivity contribution in [3.63, 3.8) is 0 Å². The van der Waals surface area contributed by atoms with Crippen molar-refractivity contribution in [3.8, 4) is 11.1 Å². The molecule has 1 aromatic heterocycles. The molecule has 4 N–H and O–H groups in total. The fraction of sp³-hybridized carbons (Fsp3) is 0.0769. The minimum absolute atomic E-state index is 0.131. The number of hydrogen-bond donors (Lipinski definition) is 4. The lowest BCUT2D eigenvalue weighted by Gasteiger charge is -2.16. The van der Waals surface area contributed by atoms with E-state index < -0.39 is 34.8 Å². The first-order valence-corrected chi connectivity index (χ1v) is 10.5. The summed E-state index contributed by atoms with van der Waals surface area (Å²) in [5.41, 5.74) is 1.75. The monoisotopic (exact) mass is 455 g/mol. The maximum atomic E-state index is 12.9. The fourth-order valence-electron chi connectivity index (χ4n) is 3.60. The van der Waals surface area contributed by atoms with Gasteiger partial charge in [0.15, 0.2) is 0 Å². The van der Waals surface area contributed by atoms with Crippen LogP contribution in [0.2, 0.25) is 0 Å². The molecule has 0 aliphatic heterocycles. The minimum Gasteiger partial charge on any atom is -0.477 e. The predicted octanol–water partition coefficient (Wildman–Crippen LogP) is 3.65. The third-order valence-corrected chi connectivity index (χ3v) is 5.38. The standard InChI is InChI=1S/C26H21N3O5/c1-15(28-25(32)19-10-6-5-9-18(19)16-7-3-2-4-8-16)24(31)29-17-11-12-22-20(13-17)23(30)21(14-27-22)26(33)34/h2-15H,1H3,(H,27,30)(H,28,32)(H,29,31)(H,33,34)/t15-/m0/s1. The van der Waals surface area contributed by atoms with E-state index in [1.807, 2.05) is 42.5 Å². The van der Waals surface area contributed by atoms with Crippen molar-refractivity contribution < 1.29 is 19.5 Å². The lowest BCUT2D eigenvalue weighted by molar-refractivity contribution is -0.117. The summed E-state index contributed by atoms with van der Waals surface area (Å²) in [5.74, 6) is -2.23. The van der Waals surface area contributed by atoms with E-state index in [-0.39, 0.29) is 5.39 Å². The van der Waals surface area contributed by atoms with Crippen LogP contribution in [0, 0.1) is 0 Å². The molecule has 0 bridgehead atoms. The number of nitrogens with one attached hydrogen (secondary N) is 3. The average Bonchev–Trinajstić information content (AvgIpc) is 2.84. The number of H-pyrrole nitrogens is 1. The van der Waals surface area contributed by atoms with Crippen LogP contribution in [0.15, 0.2) is 83.8 Å². The summed E-state index contributed by atoms with van der Waals surface area (Å²) in [6.07, 6.45) is 1.14. The predicted molar refractivity (Wildman–Crippen MR) is 129 cm³/mol. The van der Waals surface area contributed by atoms with Gasteiger partial charge in [0.2, 0.25) is 11.3 Å². The van der Waals surface area contributed by atoms with E-state index in [0.717, 1.165) is 17.3 Å². The minimum atomic E-state index is -1.34. The van der Waals surface area contributed by atoms with Gasteiger partial charge in [-0.05, 0) is 42.3 Å². The number of carboxylic acids is 1. The van der Waals surface area contributed by atoms with Gasteiger partial charge in [0, 0.05) is 28.4 Å². The zero-order chi connectivity index (χ0) is 24.2. The van der Waals surface area contributed by atoms with Crippen LogP contribution in [-0.4, -0.2) is 33.9 Å². The Morgan fingerprint density at radius 3 is 2.35 bits per heavy atom. The summed E-state index contributed by atoms with van der Waals surface area (Å²) in [4.78, 5) is 52.1. The molecule has 4 rings (SSSR count). The second-order valence-corrected chi connectivity index (χ2v) is 7.69. The topological polar surface area (TPSA) is 128 Å². The fourth-order valence-corrected chi connectivity index (χ4v) is 3.60. The zero-order valence-corrected chi connectivity index (χ0v) is 18.2. The SMILES string of the molecule is C[C@H](NC(=O)c1ccccc1-c1ccccc1)C(=O)Nc1ccc2[nH]cc(C(=O)O)c(=O)c2c1. The molecule has 34 heavy (non-hydrogen) atoms. The number of carbonyl (C=O) groups excluding carboxylic acids is 2. The van der Waals surface area contributed by atoms with E-state index in [1.165, 1.54) is 6.07 Å². The Labute approximate surface area is 194 Å². The largest absolute Gasteiger partial charge is 0.477 e. The van der Waals surface area contributed by atoms with Gasteiger partial charge in [-0.15, -0.1) is 0 Å². The Balaban J connectivity index is 1.51. The van der Waals surface area contributed by atoms with Crippen molar-refractivity contribution in [1.29, 1.82) is 0 Å². The number of aromatic nitrogens is 1. The molecule has 8 heteroatoms. The molecule has 8 nitrogen and oxygen atoms in total. The van der Waals surface area contributed by atoms with Crippen LogP contribution in [0.5, 0.6) is 0 Å². The van der Waals surface area contributed by atoms with E-state index in [0.29, 0.717) is 16.8 Å². The van der Waals surface area contributed by atoms with Gasteiger partial charge >= 0.3 is 5.97 Å². The highest BCUT2D eigenvalue weighted by molar-refractivity contribution is 6.05. The third kappa shape index (κ3) is 4.56. The lowest BCUT2D eigenvalue weighted by Crippen LogP contribution is -2.41. The van der Waals surface area contributed by atoms with Crippen LogP contribution < -0.4 is 16.1 Å². The van der Waals surface area contributed by atoms with Gasteiger partial charge in [-0.1, -0.05) is 48.5 Å². The molecule has 0 aliphatic rings. The quantitative estimate of drug-likeness (QED) is 0.353. The number of fused-ring (bicyclic) bond motifs is 1. The number of aromatic carboxylic acids is 1. The molecule has 0 fully saturated rings. The van der Waals surface area contributed by atoms with Crippen molar-refractivity contribution in [2.75, 3.05) is 5.32 Å². The van der Waals surface area contributed by atoms with Crippen molar-refractivity contribution in [3.05, 3.63) is 100 Å². The summed E-state index contributed by atoms with van der Waals surface area (Å²) in [6, 6.07) is 20.3. The summed E-state index contributed by atoms with van der Waals surface area (Å²) in [7, 11) is 0. The highest BCUT2D eigenvalue weighted by atomic mass is 16.4. The Kier molecular flexibility index (Phi) is 6.22. The van der Waals surface area contributed by atoms with E-state index in [4.69, 9.17) is 5.11 Å². The molecular formula is C26H21N3O5. The molecule has 2 amide bonds. The smallest absolute Gasteiger partial charge is 0.341 e. The van der Waals surface area contributed by atoms with Crippen LogP contribution in [0.4, 0.5) is 5.69 Å². The van der Waals surface area contributed by atoms with Crippen LogP contribution in [-0.2, 0) is 4.79 Å². The summed E-state index contributed by atoms with van der Waals surface area (Å²) >= 11 is 0. The van der Waals surface area contributed by atoms with Gasteiger partial charge in [-0.3, -0.25) is 14.4 Å². The number of anilines is 1. The number of aromatic amines is 1. The maximum absolute atomic E-state index is 12.9. The number of pyridine rings is 1. The Morgan fingerprint density at radius 1 is 0.912 bits per heavy atom. The second-order valence-electron chi connectivity index (χ2n) is 7.69. The number of carboxylic acid groups (broad SMARTS) is 1. The van der Waals surface area contributed by atoms with Gasteiger partial charge in [0.05, 0.1) is 0 Å². The molecular weight excluding hydrogens is 434 g/mol. The Bertz CT molecular complexity index is 1460. The van der Waals surface area contributed by atoms with Crippen LogP contribution >= 0.6 is 0 Å². The summed E-state index contributed by atoms with van der Waals surface area (Å²) < 4.78 is 0. The average molecular weight is 455 g/mol. The van der Waals surface area contributed by atoms with Gasteiger partial charge in [0.25, 0.3) is 5.91 Å². The molecule has 170 valence electrons. The molecule has 0 radical (unpaired) electrons. The van der Waals surface area contributed by atoms with Gasteiger partial charge in [0.1, 0.15) is 11.6 Å². The normalized spacial score (nSPS) is 11.6. The number of amides is 2. The maximum Gasteiger partial charge on any atom is 0.341 e. The van der Waals surface area contributed by atoms with E-state index >= 15 is 0 Å². The van der Waals surface area contributed by atoms with E-state index in [2.05, 4.69) is 15.6 Å². The molecule has 3 aromatic carbocycles. The summed E-state index contributed by atoms with van der Waals surface area (Å²) in [6.45, 7) is 1.55.